The van der Waals surface area contributed by atoms with E-state index in [1.165, 1.54) is 0 Å². The van der Waals surface area contributed by atoms with Gasteiger partial charge in [-0.1, -0.05) is 12.1 Å². The van der Waals surface area contributed by atoms with Gasteiger partial charge in [0.15, 0.2) is 11.6 Å². The fourth-order valence-corrected chi connectivity index (χ4v) is 1.82. The summed E-state index contributed by atoms with van der Waals surface area (Å²) in [7, 11) is 3.83. The van der Waals surface area contributed by atoms with Crippen LogP contribution in [0, 0.1) is 0 Å². The maximum atomic E-state index is 11.8. The molecule has 0 aliphatic heterocycles. The van der Waals surface area contributed by atoms with Crippen molar-refractivity contribution >= 4 is 29.1 Å². The Bertz CT molecular complexity index is 762. The molecule has 0 unspecified atom stereocenters. The average molecular weight is 343 g/mol. The first-order valence-electron chi connectivity index (χ1n) is 7.59. The zero-order chi connectivity index (χ0) is 18.2. The summed E-state index contributed by atoms with van der Waals surface area (Å²) in [5.74, 6) is 0.758. The van der Waals surface area contributed by atoms with Gasteiger partial charge in [-0.15, -0.1) is 10.2 Å². The summed E-state index contributed by atoms with van der Waals surface area (Å²) >= 11 is 0. The third-order valence-corrected chi connectivity index (χ3v) is 3.09. The van der Waals surface area contributed by atoms with Gasteiger partial charge in [0, 0.05) is 13.1 Å². The van der Waals surface area contributed by atoms with E-state index in [9.17, 15) is 4.79 Å². The average Bonchev–Trinajstić information content (AvgIpc) is 2.55. The molecule has 0 atom stereocenters. The molecule has 9 heteroatoms. The molecular weight excluding hydrogens is 322 g/mol. The highest BCUT2D eigenvalue weighted by atomic mass is 16.6. The molecule has 25 heavy (non-hydrogen) atoms. The highest BCUT2D eigenvalue weighted by Gasteiger charge is 2.09. The fourth-order valence-electron chi connectivity index (χ4n) is 1.82. The van der Waals surface area contributed by atoms with Crippen molar-refractivity contribution in [3.8, 4) is 5.75 Å². The first kappa shape index (κ1) is 18.1. The largest absolute Gasteiger partial charge is 0.412 e. The Hall–Kier alpha value is -3.20. The number of likely N-dealkylation sites (N-methyl/N-ethyl adjacent to an activating group) is 1. The van der Waals surface area contributed by atoms with Crippen molar-refractivity contribution in [3.05, 3.63) is 36.4 Å². The SMILES string of the molecule is CN(C)CCNC(=O)Oc1ccccc1/N=N/c1ccc(N)nc1N. The van der Waals surface area contributed by atoms with Crippen molar-refractivity contribution in [3.63, 3.8) is 0 Å². The molecular formula is C16H21N7O2. The second-order valence-corrected chi connectivity index (χ2v) is 5.43. The van der Waals surface area contributed by atoms with E-state index in [2.05, 4.69) is 20.5 Å². The number of nitrogen functional groups attached to an aromatic ring is 2. The summed E-state index contributed by atoms with van der Waals surface area (Å²) in [4.78, 5) is 17.7. The molecule has 0 spiro atoms. The number of anilines is 2. The predicted octanol–water partition coefficient (Wildman–Crippen LogP) is 2.31. The maximum absolute atomic E-state index is 11.8. The molecule has 0 bridgehead atoms. The molecule has 1 heterocycles. The Labute approximate surface area is 145 Å². The normalized spacial score (nSPS) is 11.0. The number of ether oxygens (including phenoxy) is 1. The van der Waals surface area contributed by atoms with Crippen molar-refractivity contribution < 1.29 is 9.53 Å². The van der Waals surface area contributed by atoms with E-state index in [0.29, 0.717) is 30.3 Å². The Morgan fingerprint density at radius 3 is 2.60 bits per heavy atom. The summed E-state index contributed by atoms with van der Waals surface area (Å²) in [5.41, 5.74) is 12.0. The number of hydrogen-bond acceptors (Lipinski definition) is 8. The lowest BCUT2D eigenvalue weighted by molar-refractivity contribution is 0.199. The molecule has 132 valence electrons. The molecule has 0 saturated heterocycles. The number of hydrogen-bond donors (Lipinski definition) is 3. The number of aromatic nitrogens is 1. The molecule has 1 aromatic heterocycles. The van der Waals surface area contributed by atoms with Gasteiger partial charge in [0.1, 0.15) is 17.2 Å². The number of rotatable bonds is 6. The fraction of sp³-hybridized carbons (Fsp3) is 0.250. The standard InChI is InChI=1S/C16H21N7O2/c1-23(2)10-9-19-16(24)25-13-6-4-3-5-11(13)21-22-12-7-8-14(17)20-15(12)18/h3-8H,9-10H2,1-2H3,(H,19,24)(H4,17,18,20)/b22-21+. The van der Waals surface area contributed by atoms with Crippen LogP contribution < -0.4 is 21.5 Å². The Kier molecular flexibility index (Phi) is 6.24. The van der Waals surface area contributed by atoms with Gasteiger partial charge in [0.2, 0.25) is 0 Å². The molecule has 2 aromatic rings. The van der Waals surface area contributed by atoms with Crippen LogP contribution in [-0.4, -0.2) is 43.2 Å². The van der Waals surface area contributed by atoms with Gasteiger partial charge >= 0.3 is 6.09 Å². The number of azo groups is 1. The summed E-state index contributed by atoms with van der Waals surface area (Å²) in [6.07, 6.45) is -0.557. The van der Waals surface area contributed by atoms with Crippen LogP contribution in [0.25, 0.3) is 0 Å². The maximum Gasteiger partial charge on any atom is 0.412 e. The molecule has 1 aromatic carbocycles. The van der Waals surface area contributed by atoms with E-state index in [1.807, 2.05) is 19.0 Å². The molecule has 9 nitrogen and oxygen atoms in total. The molecule has 0 fully saturated rings. The molecule has 0 aliphatic carbocycles. The smallest absolute Gasteiger partial charge is 0.408 e. The molecule has 5 N–H and O–H groups in total. The van der Waals surface area contributed by atoms with Crippen LogP contribution in [0.1, 0.15) is 0 Å². The highest BCUT2D eigenvalue weighted by molar-refractivity contribution is 5.72. The van der Waals surface area contributed by atoms with Gasteiger partial charge in [0.05, 0.1) is 0 Å². The Balaban J connectivity index is 2.07. The van der Waals surface area contributed by atoms with E-state index < -0.39 is 6.09 Å². The number of nitrogens with two attached hydrogens (primary N) is 2. The minimum absolute atomic E-state index is 0.170. The van der Waals surface area contributed by atoms with Crippen LogP contribution in [0.15, 0.2) is 46.6 Å². The third kappa shape index (κ3) is 5.74. The van der Waals surface area contributed by atoms with Crippen molar-refractivity contribution in [2.75, 3.05) is 38.7 Å². The quantitative estimate of drug-likeness (QED) is 0.690. The lowest BCUT2D eigenvalue weighted by Gasteiger charge is -2.11. The van der Waals surface area contributed by atoms with Gasteiger partial charge < -0.3 is 26.4 Å². The van der Waals surface area contributed by atoms with Gasteiger partial charge in [-0.05, 0) is 38.4 Å². The zero-order valence-electron chi connectivity index (χ0n) is 14.1. The van der Waals surface area contributed by atoms with Crippen molar-refractivity contribution in [2.45, 2.75) is 0 Å². The monoisotopic (exact) mass is 343 g/mol. The number of pyridine rings is 1. The zero-order valence-corrected chi connectivity index (χ0v) is 14.1. The van der Waals surface area contributed by atoms with Crippen LogP contribution in [0.4, 0.5) is 27.8 Å². The van der Waals surface area contributed by atoms with Crippen molar-refractivity contribution in [1.29, 1.82) is 0 Å². The summed E-state index contributed by atoms with van der Waals surface area (Å²) in [6.45, 7) is 1.18. The number of benzene rings is 1. The van der Waals surface area contributed by atoms with Crippen molar-refractivity contribution in [1.82, 2.24) is 15.2 Å². The molecule has 1 amide bonds. The van der Waals surface area contributed by atoms with Gasteiger partial charge in [0.25, 0.3) is 0 Å². The van der Waals surface area contributed by atoms with E-state index in [-0.39, 0.29) is 11.6 Å². The third-order valence-electron chi connectivity index (χ3n) is 3.09. The van der Waals surface area contributed by atoms with Crippen LogP contribution in [0.5, 0.6) is 5.75 Å². The van der Waals surface area contributed by atoms with Gasteiger partial charge in [-0.2, -0.15) is 0 Å². The lowest BCUT2D eigenvalue weighted by atomic mass is 10.3. The number of carbonyl (C=O) groups excluding carboxylic acids is 1. The van der Waals surface area contributed by atoms with Crippen LogP contribution in [0.3, 0.4) is 0 Å². The second kappa shape index (κ2) is 8.60. The predicted molar refractivity (Wildman–Crippen MR) is 96.3 cm³/mol. The minimum atomic E-state index is -0.557. The number of carbonyl (C=O) groups is 1. The van der Waals surface area contributed by atoms with Crippen LogP contribution >= 0.6 is 0 Å². The summed E-state index contributed by atoms with van der Waals surface area (Å²) in [6, 6.07) is 9.98. The number of para-hydroxylation sites is 1. The second-order valence-electron chi connectivity index (χ2n) is 5.43. The first-order valence-corrected chi connectivity index (χ1v) is 7.59. The first-order chi connectivity index (χ1) is 12.0. The Morgan fingerprint density at radius 2 is 1.88 bits per heavy atom. The summed E-state index contributed by atoms with van der Waals surface area (Å²) < 4.78 is 5.28. The number of nitrogens with zero attached hydrogens (tertiary/aromatic N) is 4. The highest BCUT2D eigenvalue weighted by Crippen LogP contribution is 2.30. The van der Waals surface area contributed by atoms with Gasteiger partial charge in [-0.3, -0.25) is 0 Å². The number of nitrogens with one attached hydrogen (secondary N) is 1. The lowest BCUT2D eigenvalue weighted by Crippen LogP contribution is -2.33. The Morgan fingerprint density at radius 1 is 1.16 bits per heavy atom. The molecule has 0 radical (unpaired) electrons. The van der Waals surface area contributed by atoms with Crippen LogP contribution in [0.2, 0.25) is 0 Å². The van der Waals surface area contributed by atoms with E-state index >= 15 is 0 Å². The molecule has 0 saturated carbocycles. The van der Waals surface area contributed by atoms with Gasteiger partial charge in [-0.25, -0.2) is 9.78 Å². The molecule has 2 rings (SSSR count). The topological polar surface area (TPSA) is 131 Å². The van der Waals surface area contributed by atoms with E-state index in [0.717, 1.165) is 0 Å². The number of amides is 1. The van der Waals surface area contributed by atoms with E-state index in [4.69, 9.17) is 16.2 Å². The van der Waals surface area contributed by atoms with E-state index in [1.54, 1.807) is 36.4 Å². The summed E-state index contributed by atoms with van der Waals surface area (Å²) in [5, 5.41) is 10.8. The van der Waals surface area contributed by atoms with Crippen molar-refractivity contribution in [2.24, 2.45) is 10.2 Å². The minimum Gasteiger partial charge on any atom is -0.408 e. The van der Waals surface area contributed by atoms with Crippen LogP contribution in [-0.2, 0) is 0 Å². The molecule has 0 aliphatic rings.